The van der Waals surface area contributed by atoms with E-state index < -0.39 is 5.97 Å². The van der Waals surface area contributed by atoms with Crippen molar-refractivity contribution in [3.63, 3.8) is 0 Å². The number of hydrogen-bond donors (Lipinski definition) is 2. The first kappa shape index (κ1) is 16.8. The average molecular weight is 326 g/mol. The Balaban J connectivity index is 1.63. The summed E-state index contributed by atoms with van der Waals surface area (Å²) in [6, 6.07) is 6.62. The zero-order chi connectivity index (χ0) is 15.9. The molecule has 6 heteroatoms. The van der Waals surface area contributed by atoms with Crippen molar-refractivity contribution in [3.05, 3.63) is 29.3 Å². The Labute approximate surface area is 134 Å². The van der Waals surface area contributed by atoms with Crippen LogP contribution in [0, 0.1) is 11.8 Å². The second kappa shape index (κ2) is 8.15. The molecule has 0 aromatic heterocycles. The van der Waals surface area contributed by atoms with Crippen molar-refractivity contribution < 1.29 is 19.4 Å². The third-order valence-corrected chi connectivity index (χ3v) is 4.20. The number of rotatable bonds is 6. The van der Waals surface area contributed by atoms with Crippen molar-refractivity contribution in [3.8, 4) is 5.75 Å². The summed E-state index contributed by atoms with van der Waals surface area (Å²) in [6.45, 7) is 0.851. The zero-order valence-corrected chi connectivity index (χ0v) is 13.0. The molecular weight excluding hydrogens is 306 g/mol. The molecule has 0 unspecified atom stereocenters. The molecule has 1 aromatic carbocycles. The predicted molar refractivity (Wildman–Crippen MR) is 83.0 cm³/mol. The lowest BCUT2D eigenvalue weighted by molar-refractivity contribution is -0.143. The fraction of sp³-hybridized carbons (Fsp3) is 0.500. The number of ether oxygens (including phenoxy) is 1. The van der Waals surface area contributed by atoms with Gasteiger partial charge in [-0.25, -0.2) is 0 Å². The Morgan fingerprint density at radius 1 is 1.18 bits per heavy atom. The quantitative estimate of drug-likeness (QED) is 0.621. The summed E-state index contributed by atoms with van der Waals surface area (Å²) in [4.78, 5) is 22.6. The molecule has 0 aliphatic heterocycles. The lowest BCUT2D eigenvalue weighted by atomic mass is 9.82. The number of aliphatic carboxylic acids is 1. The summed E-state index contributed by atoms with van der Waals surface area (Å²) >= 11 is 5.76. The highest BCUT2D eigenvalue weighted by atomic mass is 35.5. The van der Waals surface area contributed by atoms with Gasteiger partial charge in [0.2, 0.25) is 0 Å². The number of carbonyl (C=O) groups excluding carboxylic acids is 1. The third kappa shape index (κ3) is 5.31. The van der Waals surface area contributed by atoms with E-state index in [1.54, 1.807) is 24.3 Å². The lowest BCUT2D eigenvalue weighted by Crippen LogP contribution is -2.33. The third-order valence-electron chi connectivity index (χ3n) is 3.94. The number of carbonyl (C=O) groups is 2. The topological polar surface area (TPSA) is 75.6 Å². The van der Waals surface area contributed by atoms with E-state index in [4.69, 9.17) is 21.4 Å². The molecule has 1 saturated carbocycles. The Hall–Kier alpha value is -1.59. The minimum absolute atomic E-state index is 0.140. The van der Waals surface area contributed by atoms with Gasteiger partial charge in [-0.3, -0.25) is 9.59 Å². The van der Waals surface area contributed by atoms with Gasteiger partial charge in [-0.05, 0) is 62.4 Å². The molecule has 0 atom stereocenters. The van der Waals surface area contributed by atoms with Gasteiger partial charge in [0, 0.05) is 5.02 Å². The summed E-state index contributed by atoms with van der Waals surface area (Å²) in [5.41, 5.74) is 0. The average Bonchev–Trinajstić information content (AvgIpc) is 2.50. The van der Waals surface area contributed by atoms with Crippen molar-refractivity contribution in [2.24, 2.45) is 11.8 Å². The molecule has 0 radical (unpaired) electrons. The maximum Gasteiger partial charge on any atom is 0.325 e. The molecule has 1 aliphatic rings. The highest BCUT2D eigenvalue weighted by Crippen LogP contribution is 2.28. The highest BCUT2D eigenvalue weighted by molar-refractivity contribution is 6.30. The Bertz CT molecular complexity index is 509. The molecule has 1 fully saturated rings. The lowest BCUT2D eigenvalue weighted by Gasteiger charge is -2.26. The molecule has 0 bridgehead atoms. The van der Waals surface area contributed by atoms with Gasteiger partial charge in [0.1, 0.15) is 5.75 Å². The van der Waals surface area contributed by atoms with Crippen molar-refractivity contribution in [1.82, 2.24) is 5.32 Å². The van der Waals surface area contributed by atoms with Crippen LogP contribution in [0.15, 0.2) is 24.3 Å². The highest BCUT2D eigenvalue weighted by Gasteiger charge is 2.25. The molecule has 5 nitrogen and oxygen atoms in total. The Kier molecular flexibility index (Phi) is 6.21. The summed E-state index contributed by atoms with van der Waals surface area (Å²) in [5, 5.41) is 12.6. The maximum atomic E-state index is 11.7. The second-order valence-corrected chi connectivity index (χ2v) is 6.05. The molecular formula is C16H20ClNO4. The first-order valence-corrected chi connectivity index (χ1v) is 7.82. The van der Waals surface area contributed by atoms with Crippen LogP contribution in [-0.4, -0.2) is 30.1 Å². The van der Waals surface area contributed by atoms with Crippen LogP contribution in [0.2, 0.25) is 5.02 Å². The summed E-state index contributed by atoms with van der Waals surface area (Å²) in [6.07, 6.45) is 3.21. The van der Waals surface area contributed by atoms with Crippen molar-refractivity contribution in [1.29, 1.82) is 0 Å². The number of benzene rings is 1. The minimum Gasteiger partial charge on any atom is -0.481 e. The minimum atomic E-state index is -0.696. The van der Waals surface area contributed by atoms with Crippen LogP contribution in [0.25, 0.3) is 0 Å². The number of nitrogens with one attached hydrogen (secondary N) is 1. The molecule has 0 spiro atoms. The van der Waals surface area contributed by atoms with E-state index in [2.05, 4.69) is 5.32 Å². The molecule has 120 valence electrons. The number of carboxylic acids is 1. The Morgan fingerprint density at radius 2 is 1.82 bits per heavy atom. The molecule has 1 aliphatic carbocycles. The van der Waals surface area contributed by atoms with E-state index in [0.29, 0.717) is 23.2 Å². The van der Waals surface area contributed by atoms with Gasteiger partial charge in [-0.15, -0.1) is 0 Å². The summed E-state index contributed by atoms with van der Waals surface area (Å²) < 4.78 is 5.17. The first-order chi connectivity index (χ1) is 10.5. The van der Waals surface area contributed by atoms with Crippen LogP contribution in [0.1, 0.15) is 25.7 Å². The molecule has 1 aromatic rings. The number of esters is 1. The van der Waals surface area contributed by atoms with Crippen molar-refractivity contribution in [2.75, 3.05) is 13.1 Å². The standard InChI is InChI=1S/C16H20ClNO4/c17-13-5-7-14(8-6-13)22-15(19)10-18-9-11-1-3-12(4-2-11)16(20)21/h5-8,11-12,18H,1-4,9-10H2,(H,20,21)/t11-,12-. The zero-order valence-electron chi connectivity index (χ0n) is 12.3. The van der Waals surface area contributed by atoms with Gasteiger partial charge < -0.3 is 15.2 Å². The molecule has 0 saturated heterocycles. The monoisotopic (exact) mass is 325 g/mol. The van der Waals surface area contributed by atoms with E-state index in [0.717, 1.165) is 25.7 Å². The molecule has 0 heterocycles. The largest absolute Gasteiger partial charge is 0.481 e. The number of hydrogen-bond acceptors (Lipinski definition) is 4. The van der Waals surface area contributed by atoms with Crippen LogP contribution in [0.4, 0.5) is 0 Å². The van der Waals surface area contributed by atoms with Gasteiger partial charge in [-0.1, -0.05) is 11.6 Å². The van der Waals surface area contributed by atoms with E-state index >= 15 is 0 Å². The number of carboxylic acid groups (broad SMARTS) is 1. The second-order valence-electron chi connectivity index (χ2n) is 5.61. The first-order valence-electron chi connectivity index (χ1n) is 7.44. The van der Waals surface area contributed by atoms with E-state index in [-0.39, 0.29) is 18.4 Å². The molecule has 0 amide bonds. The van der Waals surface area contributed by atoms with Crippen LogP contribution in [0.3, 0.4) is 0 Å². The van der Waals surface area contributed by atoms with E-state index in [1.807, 2.05) is 0 Å². The van der Waals surface area contributed by atoms with Crippen LogP contribution >= 0.6 is 11.6 Å². The predicted octanol–water partition coefficient (Wildman–Crippen LogP) is 2.73. The smallest absolute Gasteiger partial charge is 0.325 e. The maximum absolute atomic E-state index is 11.7. The fourth-order valence-corrected chi connectivity index (χ4v) is 2.79. The van der Waals surface area contributed by atoms with E-state index in [1.165, 1.54) is 0 Å². The van der Waals surface area contributed by atoms with Gasteiger partial charge in [0.15, 0.2) is 0 Å². The molecule has 2 N–H and O–H groups in total. The SMILES string of the molecule is O=C(CNC[C@H]1CC[C@H](C(=O)O)CC1)Oc1ccc(Cl)cc1. The van der Waals surface area contributed by atoms with Crippen molar-refractivity contribution in [2.45, 2.75) is 25.7 Å². The molecule has 22 heavy (non-hydrogen) atoms. The van der Waals surface area contributed by atoms with Crippen LogP contribution in [0.5, 0.6) is 5.75 Å². The van der Waals surface area contributed by atoms with Crippen molar-refractivity contribution >= 4 is 23.5 Å². The normalized spacial score (nSPS) is 21.3. The summed E-state index contributed by atoms with van der Waals surface area (Å²) in [7, 11) is 0. The molecule has 2 rings (SSSR count). The summed E-state index contributed by atoms with van der Waals surface area (Å²) in [5.74, 6) is -0.345. The van der Waals surface area contributed by atoms with Gasteiger partial charge in [0.05, 0.1) is 12.5 Å². The number of halogens is 1. The fourth-order valence-electron chi connectivity index (χ4n) is 2.66. The van der Waals surface area contributed by atoms with Crippen LogP contribution in [-0.2, 0) is 9.59 Å². The van der Waals surface area contributed by atoms with Gasteiger partial charge in [-0.2, -0.15) is 0 Å². The Morgan fingerprint density at radius 3 is 2.41 bits per heavy atom. The van der Waals surface area contributed by atoms with Gasteiger partial charge in [0.25, 0.3) is 0 Å². The van der Waals surface area contributed by atoms with Crippen LogP contribution < -0.4 is 10.1 Å². The van der Waals surface area contributed by atoms with E-state index in [9.17, 15) is 9.59 Å². The van der Waals surface area contributed by atoms with Gasteiger partial charge >= 0.3 is 11.9 Å².